The predicted octanol–water partition coefficient (Wildman–Crippen LogP) is 4.84. The van der Waals surface area contributed by atoms with Crippen molar-refractivity contribution >= 4 is 49.2 Å². The van der Waals surface area contributed by atoms with Gasteiger partial charge in [-0.2, -0.15) is 0 Å². The van der Waals surface area contributed by atoms with Gasteiger partial charge in [-0.15, -0.1) is 11.3 Å². The fourth-order valence-corrected chi connectivity index (χ4v) is 6.12. The average molecular weight is 558 g/mol. The number of aromatic nitrogens is 2. The van der Waals surface area contributed by atoms with Gasteiger partial charge in [0.2, 0.25) is 5.95 Å². The summed E-state index contributed by atoms with van der Waals surface area (Å²) in [4.78, 5) is 28.1. The van der Waals surface area contributed by atoms with Crippen LogP contribution in [0.5, 0.6) is 0 Å². The van der Waals surface area contributed by atoms with E-state index in [1.54, 1.807) is 17.5 Å². The number of nitrogens with zero attached hydrogens (tertiary/aromatic N) is 4. The van der Waals surface area contributed by atoms with Gasteiger partial charge in [-0.25, -0.2) is 9.97 Å². The van der Waals surface area contributed by atoms with Gasteiger partial charge < -0.3 is 15.5 Å². The molecule has 1 amide bonds. The number of fused-ring (bicyclic) bond motifs is 1. The minimum atomic E-state index is 0.0113. The van der Waals surface area contributed by atoms with Crippen molar-refractivity contribution in [3.8, 4) is 10.6 Å². The van der Waals surface area contributed by atoms with Gasteiger partial charge >= 0.3 is 0 Å². The molecule has 5 rings (SSSR count). The summed E-state index contributed by atoms with van der Waals surface area (Å²) >= 11 is 5.28. The quantitative estimate of drug-likeness (QED) is 0.367. The number of rotatable bonds is 9. The van der Waals surface area contributed by atoms with E-state index < -0.39 is 0 Å². The molecule has 1 aromatic carbocycles. The molecule has 186 valence electrons. The fraction of sp³-hybridized carbons (Fsp3) is 0.500. The van der Waals surface area contributed by atoms with Crippen molar-refractivity contribution in [2.24, 2.45) is 0 Å². The Morgan fingerprint density at radius 2 is 2.03 bits per heavy atom. The molecule has 7 nitrogen and oxygen atoms in total. The number of nitrogens with one attached hydrogen (secondary N) is 2. The summed E-state index contributed by atoms with van der Waals surface area (Å²) in [5, 5.41) is 7.48. The molecular weight excluding hydrogens is 524 g/mol. The Labute approximate surface area is 219 Å². The lowest BCUT2D eigenvalue weighted by Gasteiger charge is -2.36. The summed E-state index contributed by atoms with van der Waals surface area (Å²) < 4.78 is 1.93. The van der Waals surface area contributed by atoms with E-state index in [-0.39, 0.29) is 5.91 Å². The zero-order valence-electron chi connectivity index (χ0n) is 20.4. The Bertz CT molecular complexity index is 1190. The molecule has 0 atom stereocenters. The summed E-state index contributed by atoms with van der Waals surface area (Å²) in [6.07, 6.45) is 5.02. The number of benzene rings is 1. The van der Waals surface area contributed by atoms with E-state index in [9.17, 15) is 4.79 Å². The highest BCUT2D eigenvalue weighted by atomic mass is 79.9. The van der Waals surface area contributed by atoms with Crippen LogP contribution in [0.1, 0.15) is 43.5 Å². The second-order valence-corrected chi connectivity index (χ2v) is 11.7. The van der Waals surface area contributed by atoms with Crippen LogP contribution in [0.15, 0.2) is 34.9 Å². The Morgan fingerprint density at radius 1 is 1.23 bits per heavy atom. The van der Waals surface area contributed by atoms with Crippen LogP contribution in [0.2, 0.25) is 0 Å². The normalized spacial score (nSPS) is 17.3. The van der Waals surface area contributed by atoms with Gasteiger partial charge in [0.05, 0.1) is 9.35 Å². The maximum Gasteiger partial charge on any atom is 0.252 e. The van der Waals surface area contributed by atoms with E-state index in [0.717, 1.165) is 89.2 Å². The predicted molar refractivity (Wildman–Crippen MR) is 147 cm³/mol. The van der Waals surface area contributed by atoms with Crippen LogP contribution < -0.4 is 10.6 Å². The summed E-state index contributed by atoms with van der Waals surface area (Å²) in [7, 11) is 0. The Morgan fingerprint density at radius 3 is 2.77 bits per heavy atom. The van der Waals surface area contributed by atoms with E-state index in [1.807, 2.05) is 12.1 Å². The average Bonchev–Trinajstić information content (AvgIpc) is 3.56. The molecule has 0 unspecified atom stereocenters. The van der Waals surface area contributed by atoms with Crippen molar-refractivity contribution in [1.29, 1.82) is 0 Å². The summed E-state index contributed by atoms with van der Waals surface area (Å²) in [5.41, 5.74) is 1.58. The topological polar surface area (TPSA) is 73.4 Å². The number of piperazine rings is 1. The van der Waals surface area contributed by atoms with Crippen molar-refractivity contribution in [3.63, 3.8) is 0 Å². The van der Waals surface area contributed by atoms with Crippen molar-refractivity contribution < 1.29 is 4.79 Å². The van der Waals surface area contributed by atoms with Crippen LogP contribution in [-0.2, 0) is 0 Å². The molecule has 2 fully saturated rings. The van der Waals surface area contributed by atoms with E-state index in [2.05, 4.69) is 67.3 Å². The molecule has 1 saturated heterocycles. The summed E-state index contributed by atoms with van der Waals surface area (Å²) in [5.74, 6) is 0.647. The van der Waals surface area contributed by atoms with Gasteiger partial charge in [-0.3, -0.25) is 9.69 Å². The molecule has 0 radical (unpaired) electrons. The molecule has 1 aliphatic carbocycles. The first-order valence-electron chi connectivity index (χ1n) is 12.5. The minimum Gasteiger partial charge on any atom is -0.354 e. The van der Waals surface area contributed by atoms with Gasteiger partial charge in [-0.1, -0.05) is 6.07 Å². The second kappa shape index (κ2) is 10.9. The molecule has 2 aliphatic rings. The molecule has 1 aliphatic heterocycles. The van der Waals surface area contributed by atoms with Crippen LogP contribution in [-0.4, -0.2) is 77.0 Å². The van der Waals surface area contributed by atoms with E-state index >= 15 is 0 Å². The lowest BCUT2D eigenvalue weighted by molar-refractivity contribution is 0.0952. The van der Waals surface area contributed by atoms with E-state index in [0.29, 0.717) is 18.0 Å². The molecule has 1 saturated carbocycles. The van der Waals surface area contributed by atoms with Crippen molar-refractivity contribution in [2.45, 2.75) is 45.2 Å². The van der Waals surface area contributed by atoms with Crippen LogP contribution >= 0.6 is 27.3 Å². The highest BCUT2D eigenvalue weighted by Gasteiger charge is 2.25. The molecule has 3 heterocycles. The van der Waals surface area contributed by atoms with Gasteiger partial charge in [0.25, 0.3) is 5.91 Å². The smallest absolute Gasteiger partial charge is 0.252 e. The third-order valence-corrected chi connectivity index (χ3v) is 8.45. The summed E-state index contributed by atoms with van der Waals surface area (Å²) in [6, 6.07) is 8.97. The third kappa shape index (κ3) is 6.02. The first kappa shape index (κ1) is 24.6. The van der Waals surface area contributed by atoms with E-state index in [1.165, 1.54) is 0 Å². The van der Waals surface area contributed by atoms with Crippen LogP contribution in [0, 0.1) is 0 Å². The monoisotopic (exact) mass is 556 g/mol. The van der Waals surface area contributed by atoms with Crippen molar-refractivity contribution in [3.05, 3.63) is 40.5 Å². The Hall–Kier alpha value is -2.07. The highest BCUT2D eigenvalue weighted by Crippen LogP contribution is 2.37. The number of hydrogen-bond acceptors (Lipinski definition) is 7. The maximum atomic E-state index is 12.7. The number of thiophene rings is 1. The Kier molecular flexibility index (Phi) is 7.67. The number of halogens is 1. The first-order valence-corrected chi connectivity index (χ1v) is 14.2. The molecule has 3 aromatic rings. The van der Waals surface area contributed by atoms with Crippen LogP contribution in [0.25, 0.3) is 20.7 Å². The number of amides is 1. The highest BCUT2D eigenvalue weighted by molar-refractivity contribution is 9.10. The number of carbonyl (C=O) groups is 1. The van der Waals surface area contributed by atoms with Gasteiger partial charge in [-0.05, 0) is 73.8 Å². The number of hydrogen-bond donors (Lipinski definition) is 2. The lowest BCUT2D eigenvalue weighted by atomic mass is 10.1. The second-order valence-electron chi connectivity index (χ2n) is 9.72. The standard InChI is InChI=1S/C26H33BrN6OS/c1-17(2)33-13-11-32(12-14-33)10-4-9-28-26-29-16-21(27)24(31-26)23-15-20-19(5-3-6-22(20)35-23)25(34)30-18-7-8-18/h3,5-6,15-18H,4,7-14H2,1-2H3,(H,30,34)(H,28,29,31). The van der Waals surface area contributed by atoms with E-state index in [4.69, 9.17) is 4.98 Å². The fourth-order valence-electron chi connectivity index (χ4n) is 4.50. The zero-order valence-corrected chi connectivity index (χ0v) is 22.8. The molecule has 9 heteroatoms. The number of carbonyl (C=O) groups excluding carboxylic acids is 1. The van der Waals surface area contributed by atoms with Gasteiger partial charge in [0.15, 0.2) is 0 Å². The number of anilines is 1. The molecule has 0 spiro atoms. The van der Waals surface area contributed by atoms with Crippen LogP contribution in [0.3, 0.4) is 0 Å². The first-order chi connectivity index (χ1) is 17.0. The van der Waals surface area contributed by atoms with Crippen LogP contribution in [0.4, 0.5) is 5.95 Å². The molecule has 2 N–H and O–H groups in total. The van der Waals surface area contributed by atoms with Crippen molar-refractivity contribution in [2.75, 3.05) is 44.6 Å². The molecule has 0 bridgehead atoms. The molecular formula is C26H33BrN6OS. The van der Waals surface area contributed by atoms with Crippen molar-refractivity contribution in [1.82, 2.24) is 25.1 Å². The minimum absolute atomic E-state index is 0.0113. The largest absolute Gasteiger partial charge is 0.354 e. The Balaban J connectivity index is 1.22. The van der Waals surface area contributed by atoms with Gasteiger partial charge in [0, 0.05) is 66.7 Å². The molecule has 2 aromatic heterocycles. The third-order valence-electron chi connectivity index (χ3n) is 6.77. The zero-order chi connectivity index (χ0) is 24.4. The summed E-state index contributed by atoms with van der Waals surface area (Å²) in [6.45, 7) is 11.1. The maximum absolute atomic E-state index is 12.7. The van der Waals surface area contributed by atoms with Gasteiger partial charge in [0.1, 0.15) is 5.69 Å². The lowest BCUT2D eigenvalue weighted by Crippen LogP contribution is -2.49. The SMILES string of the molecule is CC(C)N1CCN(CCCNc2ncc(Br)c(-c3cc4c(C(=O)NC5CC5)cccc4s3)n2)CC1. The molecule has 35 heavy (non-hydrogen) atoms.